The lowest BCUT2D eigenvalue weighted by molar-refractivity contribution is 0.0664. The number of rotatable bonds is 2. The van der Waals surface area contributed by atoms with Crippen molar-refractivity contribution in [2.75, 3.05) is 33.2 Å². The molecule has 0 saturated carbocycles. The molecule has 1 aliphatic heterocycles. The fourth-order valence-electron chi connectivity index (χ4n) is 3.32. The number of nitrogens with zero attached hydrogens (tertiary/aromatic N) is 5. The van der Waals surface area contributed by atoms with Gasteiger partial charge in [0.25, 0.3) is 5.91 Å². The van der Waals surface area contributed by atoms with Crippen molar-refractivity contribution >= 4 is 28.7 Å². The van der Waals surface area contributed by atoms with Crippen LogP contribution in [-0.2, 0) is 0 Å². The van der Waals surface area contributed by atoms with E-state index in [1.807, 2.05) is 34.6 Å². The number of pyridine rings is 1. The molecule has 1 aromatic carbocycles. The Morgan fingerprint density at radius 1 is 1.15 bits per heavy atom. The summed E-state index contributed by atoms with van der Waals surface area (Å²) in [6, 6.07) is 9.17. The van der Waals surface area contributed by atoms with Crippen LogP contribution in [0.15, 0.2) is 36.5 Å². The molecule has 0 unspecified atom stereocenters. The number of hydrogen-bond acceptors (Lipinski definition) is 4. The summed E-state index contributed by atoms with van der Waals surface area (Å²) in [4.78, 5) is 26.0. The molecule has 0 bridgehead atoms. The van der Waals surface area contributed by atoms with E-state index in [2.05, 4.69) is 21.9 Å². The molecule has 1 amide bonds. The van der Waals surface area contributed by atoms with E-state index in [9.17, 15) is 4.79 Å². The first kappa shape index (κ1) is 17.0. The average molecular weight is 370 g/mol. The third-order valence-electron chi connectivity index (χ3n) is 4.81. The van der Waals surface area contributed by atoms with Crippen molar-refractivity contribution in [1.29, 1.82) is 0 Å². The Morgan fingerprint density at radius 2 is 1.92 bits per heavy atom. The summed E-state index contributed by atoms with van der Waals surface area (Å²) in [5.74, 6) is 0.816. The number of fused-ring (bicyclic) bond motifs is 1. The monoisotopic (exact) mass is 369 g/mol. The van der Waals surface area contributed by atoms with Gasteiger partial charge in [-0.05, 0) is 44.3 Å². The molecule has 3 heterocycles. The molecule has 0 radical (unpaired) electrons. The van der Waals surface area contributed by atoms with Crippen molar-refractivity contribution < 1.29 is 4.79 Å². The number of amides is 1. The molecule has 7 heteroatoms. The number of benzene rings is 1. The molecule has 1 fully saturated rings. The molecule has 26 heavy (non-hydrogen) atoms. The van der Waals surface area contributed by atoms with Crippen molar-refractivity contribution in [2.24, 2.45) is 0 Å². The molecular weight excluding hydrogens is 350 g/mol. The quantitative estimate of drug-likeness (QED) is 0.697. The molecule has 6 nitrogen and oxygen atoms in total. The third-order valence-corrected chi connectivity index (χ3v) is 5.13. The van der Waals surface area contributed by atoms with Gasteiger partial charge in [0.1, 0.15) is 11.3 Å². The lowest BCUT2D eigenvalue weighted by atomic mass is 10.1. The fourth-order valence-corrected chi connectivity index (χ4v) is 3.53. The van der Waals surface area contributed by atoms with E-state index in [4.69, 9.17) is 11.6 Å². The molecular formula is C19H20ClN5O. The minimum atomic E-state index is 0.0334. The molecule has 1 saturated heterocycles. The van der Waals surface area contributed by atoms with Crippen molar-refractivity contribution in [3.8, 4) is 5.69 Å². The number of halogens is 1. The van der Waals surface area contributed by atoms with Gasteiger partial charge in [0, 0.05) is 37.9 Å². The van der Waals surface area contributed by atoms with Crippen LogP contribution in [0.2, 0.25) is 5.02 Å². The summed E-state index contributed by atoms with van der Waals surface area (Å²) in [5.41, 5.74) is 2.89. The van der Waals surface area contributed by atoms with E-state index in [0.29, 0.717) is 10.6 Å². The van der Waals surface area contributed by atoms with Crippen LogP contribution in [0.5, 0.6) is 0 Å². The van der Waals surface area contributed by atoms with Gasteiger partial charge in [-0.25, -0.2) is 9.97 Å². The highest BCUT2D eigenvalue weighted by Crippen LogP contribution is 2.27. The summed E-state index contributed by atoms with van der Waals surface area (Å²) < 4.78 is 1.90. The zero-order valence-electron chi connectivity index (χ0n) is 14.8. The normalized spacial score (nSPS) is 15.6. The zero-order valence-corrected chi connectivity index (χ0v) is 15.6. The molecule has 134 valence electrons. The Hall–Kier alpha value is -2.44. The van der Waals surface area contributed by atoms with Crippen LogP contribution in [0.25, 0.3) is 16.9 Å². The molecule has 4 rings (SSSR count). The molecule has 1 aliphatic rings. The van der Waals surface area contributed by atoms with Crippen LogP contribution in [-0.4, -0.2) is 63.5 Å². The topological polar surface area (TPSA) is 54.3 Å². The summed E-state index contributed by atoms with van der Waals surface area (Å²) >= 11 is 6.46. The van der Waals surface area contributed by atoms with Gasteiger partial charge in [0.15, 0.2) is 5.65 Å². The van der Waals surface area contributed by atoms with Gasteiger partial charge in [-0.1, -0.05) is 11.6 Å². The molecule has 0 spiro atoms. The first-order valence-corrected chi connectivity index (χ1v) is 9.00. The van der Waals surface area contributed by atoms with E-state index in [0.717, 1.165) is 48.9 Å². The van der Waals surface area contributed by atoms with Crippen LogP contribution >= 0.6 is 11.6 Å². The lowest BCUT2D eigenvalue weighted by Gasteiger charge is -2.32. The Morgan fingerprint density at radius 3 is 2.69 bits per heavy atom. The molecule has 0 atom stereocenters. The Kier molecular flexibility index (Phi) is 4.38. The van der Waals surface area contributed by atoms with Crippen molar-refractivity contribution in [2.45, 2.75) is 6.92 Å². The largest absolute Gasteiger partial charge is 0.336 e. The highest BCUT2D eigenvalue weighted by Gasteiger charge is 2.22. The summed E-state index contributed by atoms with van der Waals surface area (Å²) in [5, 5.41) is 0.563. The minimum Gasteiger partial charge on any atom is -0.336 e. The average Bonchev–Trinajstić information content (AvgIpc) is 2.98. The van der Waals surface area contributed by atoms with Crippen LogP contribution < -0.4 is 0 Å². The maximum atomic E-state index is 12.9. The first-order valence-electron chi connectivity index (χ1n) is 8.62. The zero-order chi connectivity index (χ0) is 18.3. The van der Waals surface area contributed by atoms with Gasteiger partial charge < -0.3 is 9.80 Å². The fraction of sp³-hybridized carbons (Fsp3) is 0.316. The van der Waals surface area contributed by atoms with Gasteiger partial charge >= 0.3 is 0 Å². The maximum Gasteiger partial charge on any atom is 0.254 e. The predicted octanol–water partition coefficient (Wildman–Crippen LogP) is 2.77. The number of carbonyl (C=O) groups is 1. The second kappa shape index (κ2) is 6.70. The van der Waals surface area contributed by atoms with Gasteiger partial charge in [-0.3, -0.25) is 9.36 Å². The Bertz CT molecular complexity index is 975. The molecule has 2 aromatic heterocycles. The number of likely N-dealkylation sites (N-methyl/N-ethyl adjacent to an activating group) is 1. The second-order valence-electron chi connectivity index (χ2n) is 6.60. The van der Waals surface area contributed by atoms with Gasteiger partial charge in [0.2, 0.25) is 0 Å². The van der Waals surface area contributed by atoms with Crippen molar-refractivity contribution in [1.82, 2.24) is 24.3 Å². The maximum absolute atomic E-state index is 12.9. The number of aryl methyl sites for hydroxylation is 1. The number of piperazine rings is 1. The summed E-state index contributed by atoms with van der Waals surface area (Å²) in [6.45, 7) is 5.17. The highest BCUT2D eigenvalue weighted by molar-refractivity contribution is 6.32. The molecule has 0 aliphatic carbocycles. The van der Waals surface area contributed by atoms with Crippen LogP contribution in [0.3, 0.4) is 0 Å². The summed E-state index contributed by atoms with van der Waals surface area (Å²) in [6.07, 6.45) is 1.73. The number of aromatic nitrogens is 3. The van der Waals surface area contributed by atoms with Gasteiger partial charge in [-0.2, -0.15) is 0 Å². The van der Waals surface area contributed by atoms with Crippen LogP contribution in [0, 0.1) is 6.92 Å². The van der Waals surface area contributed by atoms with E-state index in [1.165, 1.54) is 0 Å². The predicted molar refractivity (Wildman–Crippen MR) is 102 cm³/mol. The molecule has 3 aromatic rings. The van der Waals surface area contributed by atoms with Gasteiger partial charge in [0.05, 0.1) is 10.7 Å². The molecule has 0 N–H and O–H groups in total. The first-order chi connectivity index (χ1) is 12.5. The van der Waals surface area contributed by atoms with Crippen LogP contribution in [0.1, 0.15) is 16.2 Å². The SMILES string of the molecule is Cc1nc2cccnc2n1-c1cc(C(=O)N2CCN(C)CC2)ccc1Cl. The summed E-state index contributed by atoms with van der Waals surface area (Å²) in [7, 11) is 2.07. The Balaban J connectivity index is 1.75. The smallest absolute Gasteiger partial charge is 0.254 e. The van der Waals surface area contributed by atoms with E-state index in [1.54, 1.807) is 18.3 Å². The minimum absolute atomic E-state index is 0.0334. The number of carbonyl (C=O) groups excluding carboxylic acids is 1. The highest BCUT2D eigenvalue weighted by atomic mass is 35.5. The van der Waals surface area contributed by atoms with Crippen molar-refractivity contribution in [3.63, 3.8) is 0 Å². The number of imidazole rings is 1. The Labute approximate surface area is 157 Å². The van der Waals surface area contributed by atoms with E-state index >= 15 is 0 Å². The second-order valence-corrected chi connectivity index (χ2v) is 7.01. The lowest BCUT2D eigenvalue weighted by Crippen LogP contribution is -2.47. The van der Waals surface area contributed by atoms with Crippen molar-refractivity contribution in [3.05, 3.63) is 52.9 Å². The third kappa shape index (κ3) is 2.95. The van der Waals surface area contributed by atoms with Crippen LogP contribution in [0.4, 0.5) is 0 Å². The van der Waals surface area contributed by atoms with Gasteiger partial charge in [-0.15, -0.1) is 0 Å². The standard InChI is InChI=1S/C19H20ClN5O/c1-13-22-16-4-3-7-21-18(16)25(13)17-12-14(5-6-15(17)20)19(26)24-10-8-23(2)9-11-24/h3-7,12H,8-11H2,1-2H3. The van der Waals surface area contributed by atoms with E-state index in [-0.39, 0.29) is 5.91 Å². The number of hydrogen-bond donors (Lipinski definition) is 0. The van der Waals surface area contributed by atoms with E-state index < -0.39 is 0 Å².